The van der Waals surface area contributed by atoms with Crippen molar-refractivity contribution >= 4 is 35.0 Å². The van der Waals surface area contributed by atoms with Crippen LogP contribution in [0.3, 0.4) is 0 Å². The lowest BCUT2D eigenvalue weighted by Gasteiger charge is -2.25. The molecule has 112 valence electrons. The highest BCUT2D eigenvalue weighted by Gasteiger charge is 2.19. The average molecular weight is 332 g/mol. The number of hydrogen-bond donors (Lipinski definition) is 1. The van der Waals surface area contributed by atoms with Gasteiger partial charge in [0.1, 0.15) is 0 Å². The molecule has 0 saturated heterocycles. The van der Waals surface area contributed by atoms with Gasteiger partial charge in [-0.3, -0.25) is 0 Å². The van der Waals surface area contributed by atoms with E-state index in [4.69, 9.17) is 23.2 Å². The van der Waals surface area contributed by atoms with Crippen molar-refractivity contribution in [1.29, 1.82) is 0 Å². The van der Waals surface area contributed by atoms with E-state index in [1.165, 1.54) is 32.1 Å². The lowest BCUT2D eigenvalue weighted by atomic mass is 10.0. The van der Waals surface area contributed by atoms with Crippen molar-refractivity contribution in [3.8, 4) is 0 Å². The normalized spacial score (nSPS) is 18.1. The van der Waals surface area contributed by atoms with E-state index in [0.717, 1.165) is 33.2 Å². The minimum atomic E-state index is 0.290. The van der Waals surface area contributed by atoms with Crippen molar-refractivity contribution in [3.63, 3.8) is 0 Å². The largest absolute Gasteiger partial charge is 0.309 e. The highest BCUT2D eigenvalue weighted by Crippen LogP contribution is 2.33. The Morgan fingerprint density at radius 2 is 2.00 bits per heavy atom. The predicted octanol–water partition coefficient (Wildman–Crippen LogP) is 5.71. The van der Waals surface area contributed by atoms with Crippen molar-refractivity contribution in [2.75, 3.05) is 12.3 Å². The van der Waals surface area contributed by atoms with Gasteiger partial charge in [0.25, 0.3) is 0 Å². The Labute approximate surface area is 136 Å². The van der Waals surface area contributed by atoms with E-state index in [1.807, 2.05) is 18.2 Å². The molecule has 1 atom stereocenters. The minimum Gasteiger partial charge on any atom is -0.309 e. The summed E-state index contributed by atoms with van der Waals surface area (Å²) in [6.07, 6.45) is 6.93. The molecule has 0 amide bonds. The Balaban J connectivity index is 2.00. The summed E-state index contributed by atoms with van der Waals surface area (Å²) >= 11 is 14.5. The van der Waals surface area contributed by atoms with Crippen LogP contribution in [0.25, 0.3) is 0 Å². The third-order valence-electron chi connectivity index (χ3n) is 3.83. The quantitative estimate of drug-likeness (QED) is 0.716. The number of hydrogen-bond acceptors (Lipinski definition) is 2. The summed E-state index contributed by atoms with van der Waals surface area (Å²) in [6.45, 7) is 3.08. The standard InChI is InChI=1S/C16H23Cl2NS/c1-2-19-16(11-20-13-6-4-3-5-7-13)14-10-12(17)8-9-15(14)18/h8-10,13,16,19H,2-7,11H2,1H3. The molecule has 1 N–H and O–H groups in total. The summed E-state index contributed by atoms with van der Waals surface area (Å²) in [5, 5.41) is 5.93. The van der Waals surface area contributed by atoms with Crippen molar-refractivity contribution in [1.82, 2.24) is 5.32 Å². The highest BCUT2D eigenvalue weighted by molar-refractivity contribution is 7.99. The number of rotatable bonds is 6. The van der Waals surface area contributed by atoms with Crippen LogP contribution in [0.15, 0.2) is 18.2 Å². The highest BCUT2D eigenvalue weighted by atomic mass is 35.5. The van der Waals surface area contributed by atoms with E-state index in [9.17, 15) is 0 Å². The molecular weight excluding hydrogens is 309 g/mol. The van der Waals surface area contributed by atoms with Crippen LogP contribution in [0, 0.1) is 0 Å². The number of benzene rings is 1. The van der Waals surface area contributed by atoms with Gasteiger partial charge in [-0.05, 0) is 43.1 Å². The molecule has 20 heavy (non-hydrogen) atoms. The van der Waals surface area contributed by atoms with Gasteiger partial charge in [0.05, 0.1) is 0 Å². The fraction of sp³-hybridized carbons (Fsp3) is 0.625. The van der Waals surface area contributed by atoms with Crippen molar-refractivity contribution in [2.45, 2.75) is 50.3 Å². The molecule has 1 aromatic carbocycles. The number of halogens is 2. The average Bonchev–Trinajstić information content (AvgIpc) is 2.47. The smallest absolute Gasteiger partial charge is 0.0455 e. The number of nitrogens with one attached hydrogen (secondary N) is 1. The Bertz CT molecular complexity index is 419. The van der Waals surface area contributed by atoms with Crippen molar-refractivity contribution in [2.24, 2.45) is 0 Å². The molecule has 0 aliphatic heterocycles. The van der Waals surface area contributed by atoms with Crippen LogP contribution in [-0.4, -0.2) is 17.5 Å². The van der Waals surface area contributed by atoms with Gasteiger partial charge in [0, 0.05) is 27.1 Å². The van der Waals surface area contributed by atoms with Crippen molar-refractivity contribution in [3.05, 3.63) is 33.8 Å². The van der Waals surface area contributed by atoms with Crippen LogP contribution in [0.5, 0.6) is 0 Å². The molecule has 4 heteroatoms. The molecular formula is C16H23Cl2NS. The molecule has 1 aromatic rings. The maximum absolute atomic E-state index is 6.34. The Hall–Kier alpha value is 0.110. The lowest BCUT2D eigenvalue weighted by Crippen LogP contribution is -2.24. The fourth-order valence-corrected chi connectivity index (χ4v) is 4.61. The minimum absolute atomic E-state index is 0.290. The van der Waals surface area contributed by atoms with Gasteiger partial charge in [-0.25, -0.2) is 0 Å². The maximum atomic E-state index is 6.34. The molecule has 1 saturated carbocycles. The van der Waals surface area contributed by atoms with Crippen LogP contribution >= 0.6 is 35.0 Å². The third kappa shape index (κ3) is 4.84. The van der Waals surface area contributed by atoms with E-state index in [2.05, 4.69) is 24.0 Å². The van der Waals surface area contributed by atoms with Gasteiger partial charge in [-0.15, -0.1) is 0 Å². The molecule has 0 radical (unpaired) electrons. The van der Waals surface area contributed by atoms with E-state index >= 15 is 0 Å². The molecule has 0 aromatic heterocycles. The summed E-state index contributed by atoms with van der Waals surface area (Å²) in [4.78, 5) is 0. The number of thioether (sulfide) groups is 1. The SMILES string of the molecule is CCNC(CSC1CCCCC1)c1cc(Cl)ccc1Cl. The van der Waals surface area contributed by atoms with E-state index in [0.29, 0.717) is 0 Å². The van der Waals surface area contributed by atoms with Crippen LogP contribution in [0.4, 0.5) is 0 Å². The monoisotopic (exact) mass is 331 g/mol. The molecule has 1 aliphatic carbocycles. The summed E-state index contributed by atoms with van der Waals surface area (Å²) in [5.74, 6) is 1.07. The maximum Gasteiger partial charge on any atom is 0.0455 e. The van der Waals surface area contributed by atoms with E-state index in [-0.39, 0.29) is 6.04 Å². The first-order valence-electron chi connectivity index (χ1n) is 7.50. The van der Waals surface area contributed by atoms with Gasteiger partial charge >= 0.3 is 0 Å². The molecule has 1 nitrogen and oxygen atoms in total. The Morgan fingerprint density at radius 1 is 1.25 bits per heavy atom. The Morgan fingerprint density at radius 3 is 2.70 bits per heavy atom. The van der Waals surface area contributed by atoms with Crippen LogP contribution in [0.2, 0.25) is 10.0 Å². The second-order valence-corrected chi connectivity index (χ2v) is 7.55. The zero-order chi connectivity index (χ0) is 14.4. The summed E-state index contributed by atoms with van der Waals surface area (Å²) in [7, 11) is 0. The molecule has 1 fully saturated rings. The van der Waals surface area contributed by atoms with Crippen molar-refractivity contribution < 1.29 is 0 Å². The van der Waals surface area contributed by atoms with Gasteiger partial charge < -0.3 is 5.32 Å². The molecule has 2 rings (SSSR count). The van der Waals surface area contributed by atoms with Gasteiger partial charge in [0.15, 0.2) is 0 Å². The molecule has 0 heterocycles. The fourth-order valence-electron chi connectivity index (χ4n) is 2.75. The van der Waals surface area contributed by atoms with E-state index < -0.39 is 0 Å². The molecule has 1 aliphatic rings. The van der Waals surface area contributed by atoms with Crippen LogP contribution < -0.4 is 5.32 Å². The molecule has 0 spiro atoms. The van der Waals surface area contributed by atoms with Gasteiger partial charge in [-0.1, -0.05) is 49.4 Å². The zero-order valence-corrected chi connectivity index (χ0v) is 14.3. The lowest BCUT2D eigenvalue weighted by molar-refractivity contribution is 0.514. The topological polar surface area (TPSA) is 12.0 Å². The van der Waals surface area contributed by atoms with E-state index in [1.54, 1.807) is 0 Å². The summed E-state index contributed by atoms with van der Waals surface area (Å²) in [5.41, 5.74) is 1.13. The Kier molecular flexibility index (Phi) is 7.03. The first kappa shape index (κ1) is 16.5. The van der Waals surface area contributed by atoms with Gasteiger partial charge in [0.2, 0.25) is 0 Å². The summed E-state index contributed by atoms with van der Waals surface area (Å²) in [6, 6.07) is 6.04. The first-order valence-corrected chi connectivity index (χ1v) is 9.31. The van der Waals surface area contributed by atoms with Gasteiger partial charge in [-0.2, -0.15) is 11.8 Å². The summed E-state index contributed by atoms with van der Waals surface area (Å²) < 4.78 is 0. The second-order valence-electron chi connectivity index (χ2n) is 5.37. The molecule has 1 unspecified atom stereocenters. The third-order valence-corrected chi connectivity index (χ3v) is 5.88. The van der Waals surface area contributed by atoms with Crippen LogP contribution in [-0.2, 0) is 0 Å². The second kappa shape index (κ2) is 8.53. The van der Waals surface area contributed by atoms with Crippen LogP contribution in [0.1, 0.15) is 50.6 Å². The zero-order valence-electron chi connectivity index (χ0n) is 12.0. The molecule has 0 bridgehead atoms. The first-order chi connectivity index (χ1) is 9.70. The predicted molar refractivity (Wildman–Crippen MR) is 92.2 cm³/mol.